The normalized spacial score (nSPS) is 13.7. The van der Waals surface area contributed by atoms with Crippen molar-refractivity contribution in [2.75, 3.05) is 24.0 Å². The van der Waals surface area contributed by atoms with E-state index in [1.165, 1.54) is 6.33 Å². The van der Waals surface area contributed by atoms with Crippen LogP contribution in [-0.4, -0.2) is 43.9 Å². The number of anilines is 3. The summed E-state index contributed by atoms with van der Waals surface area (Å²) in [5.74, 6) is 1.43. The first-order chi connectivity index (χ1) is 19.2. The zero-order valence-corrected chi connectivity index (χ0v) is 23.2. The molecule has 1 amide bonds. The van der Waals surface area contributed by atoms with E-state index in [0.717, 1.165) is 40.7 Å². The van der Waals surface area contributed by atoms with Crippen LogP contribution in [0.1, 0.15) is 46.1 Å². The van der Waals surface area contributed by atoms with Crippen molar-refractivity contribution in [1.82, 2.24) is 24.7 Å². The molecule has 5 aromatic rings. The van der Waals surface area contributed by atoms with Crippen molar-refractivity contribution >= 4 is 59.0 Å². The van der Waals surface area contributed by atoms with E-state index in [2.05, 4.69) is 30.7 Å². The standard InChI is InChI=1S/C29H28N7O3P/c1-18-4-7-22(34-29(37)24-15-25(39-35-24)19-5-6-19)14-20(18)12-13-36-17-32-26-27(30-16-31-28(26)36)33-21-8-10-23(11-9-21)40(2,3)38/h4,7-17,19H,5-6H2,1-3H3,(H,34,37)(H,30,31,33)/b13-12+. The molecule has 1 aliphatic rings. The number of aryl methyl sites for hydroxylation is 1. The van der Waals surface area contributed by atoms with Crippen LogP contribution in [0.15, 0.2) is 65.7 Å². The van der Waals surface area contributed by atoms with E-state index >= 15 is 0 Å². The van der Waals surface area contributed by atoms with Gasteiger partial charge >= 0.3 is 0 Å². The molecule has 1 aliphatic carbocycles. The van der Waals surface area contributed by atoms with Crippen LogP contribution in [-0.2, 0) is 4.57 Å². The maximum atomic E-state index is 12.7. The number of carbonyl (C=O) groups is 1. The van der Waals surface area contributed by atoms with Gasteiger partial charge in [-0.1, -0.05) is 11.2 Å². The summed E-state index contributed by atoms with van der Waals surface area (Å²) in [5.41, 5.74) is 4.96. The van der Waals surface area contributed by atoms with Crippen molar-refractivity contribution in [2.24, 2.45) is 0 Å². The third-order valence-corrected chi connectivity index (χ3v) is 8.34. The highest BCUT2D eigenvalue weighted by Gasteiger charge is 2.29. The van der Waals surface area contributed by atoms with Crippen LogP contribution >= 0.6 is 7.14 Å². The number of aromatic nitrogens is 5. The summed E-state index contributed by atoms with van der Waals surface area (Å²) in [4.78, 5) is 26.0. The van der Waals surface area contributed by atoms with E-state index in [0.29, 0.717) is 28.6 Å². The average Bonchev–Trinajstić information content (AvgIpc) is 3.50. The van der Waals surface area contributed by atoms with Crippen molar-refractivity contribution in [3.05, 3.63) is 83.8 Å². The first-order valence-corrected chi connectivity index (χ1v) is 15.5. The molecule has 0 spiro atoms. The van der Waals surface area contributed by atoms with Crippen molar-refractivity contribution in [3.8, 4) is 0 Å². The fourth-order valence-corrected chi connectivity index (χ4v) is 5.17. The van der Waals surface area contributed by atoms with Gasteiger partial charge in [-0.05, 0) is 86.7 Å². The van der Waals surface area contributed by atoms with Gasteiger partial charge < -0.3 is 19.7 Å². The second-order valence-corrected chi connectivity index (χ2v) is 13.5. The predicted octanol–water partition coefficient (Wildman–Crippen LogP) is 5.87. The summed E-state index contributed by atoms with van der Waals surface area (Å²) in [6.45, 7) is 5.50. The van der Waals surface area contributed by atoms with Crippen molar-refractivity contribution < 1.29 is 13.9 Å². The Bertz CT molecular complexity index is 1800. The molecule has 3 heterocycles. The summed E-state index contributed by atoms with van der Waals surface area (Å²) in [6.07, 6.45) is 9.13. The van der Waals surface area contributed by atoms with Gasteiger partial charge in [0.25, 0.3) is 5.91 Å². The van der Waals surface area contributed by atoms with Gasteiger partial charge in [0.2, 0.25) is 0 Å². The highest BCUT2D eigenvalue weighted by atomic mass is 31.2. The summed E-state index contributed by atoms with van der Waals surface area (Å²) < 4.78 is 19.4. The molecule has 10 nitrogen and oxygen atoms in total. The SMILES string of the molecule is Cc1ccc(NC(=O)c2cc(C3CC3)on2)cc1/C=C/n1cnc2c(Nc3ccc(P(C)(C)=O)cc3)ncnc21. The molecule has 202 valence electrons. The number of nitrogens with one attached hydrogen (secondary N) is 2. The molecular weight excluding hydrogens is 525 g/mol. The first-order valence-electron chi connectivity index (χ1n) is 12.9. The van der Waals surface area contributed by atoms with Crippen LogP contribution in [0.5, 0.6) is 0 Å². The molecule has 6 rings (SSSR count). The molecule has 0 saturated heterocycles. The largest absolute Gasteiger partial charge is 0.360 e. The number of hydrogen-bond donors (Lipinski definition) is 2. The molecule has 11 heteroatoms. The Morgan fingerprint density at radius 3 is 2.58 bits per heavy atom. The fourth-order valence-electron chi connectivity index (χ4n) is 4.30. The number of nitrogens with zero attached hydrogens (tertiary/aromatic N) is 5. The number of hydrogen-bond acceptors (Lipinski definition) is 8. The minimum atomic E-state index is -2.32. The van der Waals surface area contributed by atoms with E-state index in [1.807, 2.05) is 66.2 Å². The minimum absolute atomic E-state index is 0.278. The van der Waals surface area contributed by atoms with E-state index in [1.54, 1.807) is 25.7 Å². The Morgan fingerprint density at radius 1 is 1.05 bits per heavy atom. The molecular formula is C29H28N7O3P. The summed E-state index contributed by atoms with van der Waals surface area (Å²) in [6, 6.07) is 14.9. The van der Waals surface area contributed by atoms with Crippen LogP contribution in [0.4, 0.5) is 17.2 Å². The Labute approximate surface area is 230 Å². The smallest absolute Gasteiger partial charge is 0.277 e. The number of imidazole rings is 1. The number of fused-ring (bicyclic) bond motifs is 1. The topological polar surface area (TPSA) is 128 Å². The van der Waals surface area contributed by atoms with Crippen LogP contribution < -0.4 is 15.9 Å². The quantitative estimate of drug-likeness (QED) is 0.228. The van der Waals surface area contributed by atoms with Gasteiger partial charge in [0.05, 0.1) is 0 Å². The Kier molecular flexibility index (Phi) is 6.56. The van der Waals surface area contributed by atoms with Crippen molar-refractivity contribution in [2.45, 2.75) is 25.7 Å². The number of amides is 1. The van der Waals surface area contributed by atoms with Crippen molar-refractivity contribution in [1.29, 1.82) is 0 Å². The van der Waals surface area contributed by atoms with Gasteiger partial charge in [-0.3, -0.25) is 9.36 Å². The molecule has 3 aromatic heterocycles. The zero-order chi connectivity index (χ0) is 27.9. The lowest BCUT2D eigenvalue weighted by atomic mass is 10.1. The molecule has 0 unspecified atom stereocenters. The van der Waals surface area contributed by atoms with Gasteiger partial charge in [0, 0.05) is 34.9 Å². The molecule has 2 N–H and O–H groups in total. The second-order valence-electron chi connectivity index (χ2n) is 10.3. The number of carbonyl (C=O) groups excluding carboxylic acids is 1. The number of rotatable bonds is 8. The van der Waals surface area contributed by atoms with E-state index < -0.39 is 7.14 Å². The average molecular weight is 554 g/mol. The predicted molar refractivity (Wildman–Crippen MR) is 157 cm³/mol. The summed E-state index contributed by atoms with van der Waals surface area (Å²) in [5, 5.41) is 10.9. The molecule has 0 aliphatic heterocycles. The van der Waals surface area contributed by atoms with Crippen molar-refractivity contribution in [3.63, 3.8) is 0 Å². The molecule has 1 saturated carbocycles. The van der Waals surface area contributed by atoms with Crippen LogP contribution in [0.3, 0.4) is 0 Å². The lowest BCUT2D eigenvalue weighted by Gasteiger charge is -2.09. The van der Waals surface area contributed by atoms with Crippen LogP contribution in [0.25, 0.3) is 23.4 Å². The first kappa shape index (κ1) is 25.7. The second kappa shape index (κ2) is 10.2. The molecule has 1 fully saturated rings. The summed E-state index contributed by atoms with van der Waals surface area (Å²) in [7, 11) is -2.32. The Hall–Kier alpha value is -4.56. The molecule has 2 aromatic carbocycles. The third-order valence-electron chi connectivity index (χ3n) is 6.80. The maximum Gasteiger partial charge on any atom is 0.277 e. The lowest BCUT2D eigenvalue weighted by molar-refractivity contribution is 0.101. The zero-order valence-electron chi connectivity index (χ0n) is 22.3. The molecule has 0 radical (unpaired) electrons. The molecule has 0 bridgehead atoms. The number of benzene rings is 2. The summed E-state index contributed by atoms with van der Waals surface area (Å²) >= 11 is 0. The molecule has 40 heavy (non-hydrogen) atoms. The van der Waals surface area contributed by atoms with Gasteiger partial charge in [0.1, 0.15) is 25.6 Å². The highest BCUT2D eigenvalue weighted by Crippen LogP contribution is 2.40. The van der Waals surface area contributed by atoms with Gasteiger partial charge in [0.15, 0.2) is 22.7 Å². The Morgan fingerprint density at radius 2 is 1.82 bits per heavy atom. The maximum absolute atomic E-state index is 12.7. The van der Waals surface area contributed by atoms with Crippen LogP contribution in [0, 0.1) is 6.92 Å². The lowest BCUT2D eigenvalue weighted by Crippen LogP contribution is -2.12. The van der Waals surface area contributed by atoms with E-state index in [-0.39, 0.29) is 11.6 Å². The third kappa shape index (κ3) is 5.44. The van der Waals surface area contributed by atoms with Gasteiger partial charge in [-0.15, -0.1) is 0 Å². The van der Waals surface area contributed by atoms with Crippen LogP contribution in [0.2, 0.25) is 0 Å². The monoisotopic (exact) mass is 553 g/mol. The van der Waals surface area contributed by atoms with E-state index in [9.17, 15) is 9.36 Å². The van der Waals surface area contributed by atoms with E-state index in [4.69, 9.17) is 4.52 Å². The minimum Gasteiger partial charge on any atom is -0.360 e. The molecule has 0 atom stereocenters. The highest BCUT2D eigenvalue weighted by molar-refractivity contribution is 7.70. The van der Waals surface area contributed by atoms with Gasteiger partial charge in [-0.2, -0.15) is 0 Å². The Balaban J connectivity index is 1.19. The van der Waals surface area contributed by atoms with Gasteiger partial charge in [-0.25, -0.2) is 15.0 Å². The fraction of sp³-hybridized carbons (Fsp3) is 0.207.